The lowest BCUT2D eigenvalue weighted by atomic mass is 9.74. The van der Waals surface area contributed by atoms with E-state index in [0.717, 1.165) is 31.6 Å². The molecule has 0 aromatic heterocycles. The number of amides is 1. The van der Waals surface area contributed by atoms with Crippen LogP contribution in [0.3, 0.4) is 0 Å². The summed E-state index contributed by atoms with van der Waals surface area (Å²) in [5.74, 6) is 1.84. The summed E-state index contributed by atoms with van der Waals surface area (Å²) in [5.41, 5.74) is 2.28. The molecule has 1 aliphatic rings. The molecule has 0 spiro atoms. The van der Waals surface area contributed by atoms with Crippen LogP contribution in [-0.4, -0.2) is 36.7 Å². The molecule has 168 valence electrons. The molecule has 3 rings (SSSR count). The summed E-state index contributed by atoms with van der Waals surface area (Å²) in [6.07, 6.45) is 2.93. The lowest BCUT2D eigenvalue weighted by molar-refractivity contribution is -0.131. The van der Waals surface area contributed by atoms with Crippen molar-refractivity contribution >= 4 is 5.91 Å². The molecule has 4 nitrogen and oxygen atoms in total. The molecular weight excluding hydrogens is 386 g/mol. The van der Waals surface area contributed by atoms with Gasteiger partial charge in [-0.2, -0.15) is 0 Å². The normalized spacial score (nSPS) is 20.0. The summed E-state index contributed by atoms with van der Waals surface area (Å²) >= 11 is 0. The smallest absolute Gasteiger partial charge is 0.219 e. The van der Waals surface area contributed by atoms with E-state index in [4.69, 9.17) is 9.47 Å². The van der Waals surface area contributed by atoms with Gasteiger partial charge in [-0.1, -0.05) is 48.5 Å². The van der Waals surface area contributed by atoms with Crippen LogP contribution in [0.25, 0.3) is 0 Å². The van der Waals surface area contributed by atoms with Crippen molar-refractivity contribution in [3.8, 4) is 5.75 Å². The third kappa shape index (κ3) is 5.88. The number of hydrogen-bond acceptors (Lipinski definition) is 3. The van der Waals surface area contributed by atoms with Crippen molar-refractivity contribution in [1.29, 1.82) is 0 Å². The average Bonchev–Trinajstić information content (AvgIpc) is 2.76. The topological polar surface area (TPSA) is 38.8 Å². The van der Waals surface area contributed by atoms with Gasteiger partial charge in [0.1, 0.15) is 5.75 Å². The van der Waals surface area contributed by atoms with Crippen LogP contribution < -0.4 is 4.74 Å². The van der Waals surface area contributed by atoms with E-state index < -0.39 is 0 Å². The Kier molecular flexibility index (Phi) is 7.77. The Morgan fingerprint density at radius 3 is 2.48 bits per heavy atom. The fourth-order valence-electron chi connectivity index (χ4n) is 5.05. The molecule has 1 aliphatic heterocycles. The zero-order valence-corrected chi connectivity index (χ0v) is 19.6. The molecule has 1 fully saturated rings. The molecule has 3 atom stereocenters. The van der Waals surface area contributed by atoms with Crippen molar-refractivity contribution in [2.45, 2.75) is 64.5 Å². The van der Waals surface area contributed by atoms with Crippen molar-refractivity contribution in [3.63, 3.8) is 0 Å². The maximum Gasteiger partial charge on any atom is 0.219 e. The first kappa shape index (κ1) is 23.3. The van der Waals surface area contributed by atoms with E-state index in [-0.39, 0.29) is 17.6 Å². The lowest BCUT2D eigenvalue weighted by Gasteiger charge is -2.40. The first-order valence-electron chi connectivity index (χ1n) is 11.4. The first-order valence-corrected chi connectivity index (χ1v) is 11.4. The van der Waals surface area contributed by atoms with Crippen LogP contribution in [0.5, 0.6) is 5.75 Å². The maximum atomic E-state index is 12.6. The Morgan fingerprint density at radius 1 is 1.16 bits per heavy atom. The Hall–Kier alpha value is -2.33. The number of carbonyl (C=O) groups is 1. The van der Waals surface area contributed by atoms with E-state index in [9.17, 15) is 4.79 Å². The SMILES string of the molecule is COc1ccccc1C(CCN(C(C)=O)C(C)c1ccccc1)C1CCOC(C)(C)C1. The molecule has 1 heterocycles. The highest BCUT2D eigenvalue weighted by Gasteiger charge is 2.35. The predicted molar refractivity (Wildman–Crippen MR) is 125 cm³/mol. The number of benzene rings is 2. The number of rotatable bonds is 8. The first-order chi connectivity index (χ1) is 14.8. The molecule has 31 heavy (non-hydrogen) atoms. The van der Waals surface area contributed by atoms with Gasteiger partial charge in [-0.15, -0.1) is 0 Å². The van der Waals surface area contributed by atoms with E-state index in [1.807, 2.05) is 35.2 Å². The molecule has 0 aliphatic carbocycles. The second-order valence-electron chi connectivity index (χ2n) is 9.30. The number of para-hydroxylation sites is 1. The molecule has 0 bridgehead atoms. The van der Waals surface area contributed by atoms with Gasteiger partial charge in [0.25, 0.3) is 0 Å². The van der Waals surface area contributed by atoms with Crippen LogP contribution in [0.2, 0.25) is 0 Å². The fourth-order valence-corrected chi connectivity index (χ4v) is 5.05. The van der Waals surface area contributed by atoms with Crippen LogP contribution in [0.1, 0.15) is 70.0 Å². The van der Waals surface area contributed by atoms with E-state index in [1.54, 1.807) is 14.0 Å². The number of methoxy groups -OCH3 is 1. The molecule has 0 radical (unpaired) electrons. The number of carbonyl (C=O) groups excluding carboxylic acids is 1. The van der Waals surface area contributed by atoms with Gasteiger partial charge in [-0.05, 0) is 69.1 Å². The summed E-state index contributed by atoms with van der Waals surface area (Å²) < 4.78 is 11.7. The molecule has 2 aromatic carbocycles. The molecule has 1 saturated heterocycles. The Morgan fingerprint density at radius 2 is 1.84 bits per heavy atom. The monoisotopic (exact) mass is 423 g/mol. The summed E-state index contributed by atoms with van der Waals surface area (Å²) in [6, 6.07) is 18.7. The zero-order valence-electron chi connectivity index (χ0n) is 19.6. The van der Waals surface area contributed by atoms with Crippen LogP contribution >= 0.6 is 0 Å². The van der Waals surface area contributed by atoms with Gasteiger partial charge < -0.3 is 14.4 Å². The van der Waals surface area contributed by atoms with E-state index in [2.05, 4.69) is 45.0 Å². The van der Waals surface area contributed by atoms with Gasteiger partial charge >= 0.3 is 0 Å². The Balaban J connectivity index is 1.86. The number of nitrogens with zero attached hydrogens (tertiary/aromatic N) is 1. The zero-order chi connectivity index (χ0) is 22.4. The van der Waals surface area contributed by atoms with Crippen molar-refractivity contribution in [2.75, 3.05) is 20.3 Å². The Labute approximate surface area is 187 Å². The molecule has 2 aromatic rings. The Bertz CT molecular complexity index is 849. The summed E-state index contributed by atoms with van der Waals surface area (Å²) in [4.78, 5) is 14.6. The second kappa shape index (κ2) is 10.3. The van der Waals surface area contributed by atoms with E-state index >= 15 is 0 Å². The highest BCUT2D eigenvalue weighted by molar-refractivity contribution is 5.73. The van der Waals surface area contributed by atoms with Crippen LogP contribution in [0.15, 0.2) is 54.6 Å². The largest absolute Gasteiger partial charge is 0.496 e. The molecule has 4 heteroatoms. The van der Waals surface area contributed by atoms with Crippen molar-refractivity contribution in [3.05, 3.63) is 65.7 Å². The molecule has 0 N–H and O–H groups in total. The van der Waals surface area contributed by atoms with Gasteiger partial charge in [0.15, 0.2) is 0 Å². The minimum Gasteiger partial charge on any atom is -0.496 e. The van der Waals surface area contributed by atoms with Gasteiger partial charge in [0.05, 0.1) is 18.8 Å². The molecule has 0 saturated carbocycles. The minimum absolute atomic E-state index is 0.0446. The lowest BCUT2D eigenvalue weighted by Crippen LogP contribution is -2.38. The third-order valence-electron chi connectivity index (χ3n) is 6.68. The minimum atomic E-state index is -0.124. The highest BCUT2D eigenvalue weighted by Crippen LogP contribution is 2.43. The van der Waals surface area contributed by atoms with Crippen molar-refractivity contribution in [2.24, 2.45) is 5.92 Å². The van der Waals surface area contributed by atoms with Crippen LogP contribution in [0.4, 0.5) is 0 Å². The maximum absolute atomic E-state index is 12.6. The van der Waals surface area contributed by atoms with Gasteiger partial charge in [0, 0.05) is 20.1 Å². The van der Waals surface area contributed by atoms with Crippen molar-refractivity contribution < 1.29 is 14.3 Å². The molecule has 3 unspecified atom stereocenters. The molecular formula is C27H37NO3. The summed E-state index contributed by atoms with van der Waals surface area (Å²) in [6.45, 7) is 9.64. The predicted octanol–water partition coefficient (Wildman–Crippen LogP) is 5.98. The van der Waals surface area contributed by atoms with E-state index in [0.29, 0.717) is 18.4 Å². The fraction of sp³-hybridized carbons (Fsp3) is 0.519. The van der Waals surface area contributed by atoms with Gasteiger partial charge in [-0.25, -0.2) is 0 Å². The summed E-state index contributed by atoms with van der Waals surface area (Å²) in [7, 11) is 1.74. The second-order valence-corrected chi connectivity index (χ2v) is 9.30. The number of hydrogen-bond donors (Lipinski definition) is 0. The standard InChI is InChI=1S/C27H37NO3/c1-20(22-11-7-6-8-12-22)28(21(2)29)17-15-24(23-16-18-31-27(3,4)19-23)25-13-9-10-14-26(25)30-5/h6-14,20,23-24H,15-19H2,1-5H3. The highest BCUT2D eigenvalue weighted by atomic mass is 16.5. The van der Waals surface area contributed by atoms with Gasteiger partial charge in [0.2, 0.25) is 5.91 Å². The van der Waals surface area contributed by atoms with Crippen LogP contribution in [-0.2, 0) is 9.53 Å². The van der Waals surface area contributed by atoms with Crippen molar-refractivity contribution in [1.82, 2.24) is 4.90 Å². The van der Waals surface area contributed by atoms with Gasteiger partial charge in [-0.3, -0.25) is 4.79 Å². The molecule has 1 amide bonds. The summed E-state index contributed by atoms with van der Waals surface area (Å²) in [5, 5.41) is 0. The third-order valence-corrected chi connectivity index (χ3v) is 6.68. The van der Waals surface area contributed by atoms with Crippen LogP contribution in [0, 0.1) is 5.92 Å². The average molecular weight is 424 g/mol. The quantitative estimate of drug-likeness (QED) is 0.524. The van der Waals surface area contributed by atoms with E-state index in [1.165, 1.54) is 11.1 Å². The number of ether oxygens (including phenoxy) is 2.